The number of hydrogen-bond donors (Lipinski definition) is 1. The van der Waals surface area contributed by atoms with Gasteiger partial charge in [0.1, 0.15) is 0 Å². The summed E-state index contributed by atoms with van der Waals surface area (Å²) in [6.07, 6.45) is 0.941. The van der Waals surface area contributed by atoms with Gasteiger partial charge in [-0.25, -0.2) is 4.98 Å². The number of rotatable bonds is 6. The maximum Gasteiger partial charge on any atom is 0.0897 e. The van der Waals surface area contributed by atoms with Crippen molar-refractivity contribution in [1.29, 1.82) is 0 Å². The summed E-state index contributed by atoms with van der Waals surface area (Å²) in [6.45, 7) is 3.89. The van der Waals surface area contributed by atoms with Gasteiger partial charge in [0.25, 0.3) is 0 Å². The monoisotopic (exact) mass is 353 g/mol. The van der Waals surface area contributed by atoms with Crippen molar-refractivity contribution >= 4 is 27.3 Å². The second-order valence-electron chi connectivity index (χ2n) is 5.05. The average molecular weight is 354 g/mol. The van der Waals surface area contributed by atoms with E-state index < -0.39 is 0 Å². The summed E-state index contributed by atoms with van der Waals surface area (Å²) in [5.74, 6) is 0. The molecule has 2 rings (SSSR count). The fourth-order valence-electron chi connectivity index (χ4n) is 2.10. The van der Waals surface area contributed by atoms with Crippen molar-refractivity contribution in [3.63, 3.8) is 0 Å². The van der Waals surface area contributed by atoms with Crippen LogP contribution in [0.2, 0.25) is 0 Å². The average Bonchev–Trinajstić information content (AvgIpc) is 2.81. The highest BCUT2D eigenvalue weighted by atomic mass is 79.9. The number of benzene rings is 1. The number of aromatic nitrogens is 1. The number of halogens is 1. The molecule has 0 radical (unpaired) electrons. The van der Waals surface area contributed by atoms with Crippen LogP contribution in [-0.2, 0) is 6.54 Å². The number of aryl methyl sites for hydroxylation is 1. The maximum absolute atomic E-state index is 6.25. The van der Waals surface area contributed by atoms with Gasteiger partial charge in [-0.05, 0) is 38.1 Å². The molecule has 2 N–H and O–H groups in total. The summed E-state index contributed by atoms with van der Waals surface area (Å²) < 4.78 is 1.08. The van der Waals surface area contributed by atoms with Crippen LogP contribution in [-0.4, -0.2) is 23.5 Å². The second-order valence-corrected chi connectivity index (χ2v) is 7.02. The van der Waals surface area contributed by atoms with E-state index >= 15 is 0 Å². The Morgan fingerprint density at radius 3 is 2.90 bits per heavy atom. The minimum Gasteiger partial charge on any atom is -0.324 e. The Hall–Kier alpha value is -0.750. The first kappa shape index (κ1) is 15.6. The molecule has 20 heavy (non-hydrogen) atoms. The van der Waals surface area contributed by atoms with Gasteiger partial charge < -0.3 is 10.6 Å². The third-order valence-corrected chi connectivity index (χ3v) is 4.51. The molecule has 0 bridgehead atoms. The predicted molar refractivity (Wildman–Crippen MR) is 88.9 cm³/mol. The van der Waals surface area contributed by atoms with E-state index in [0.717, 1.165) is 34.7 Å². The highest BCUT2D eigenvalue weighted by Gasteiger charge is 2.09. The lowest BCUT2D eigenvalue weighted by Crippen LogP contribution is -2.23. The van der Waals surface area contributed by atoms with Gasteiger partial charge >= 0.3 is 0 Å². The predicted octanol–water partition coefficient (Wildman–Crippen LogP) is 3.74. The Labute approximate surface area is 133 Å². The van der Waals surface area contributed by atoms with Crippen LogP contribution >= 0.6 is 27.3 Å². The molecule has 5 heteroatoms. The molecule has 1 unspecified atom stereocenters. The largest absolute Gasteiger partial charge is 0.324 e. The van der Waals surface area contributed by atoms with Crippen LogP contribution in [0.4, 0.5) is 0 Å². The highest BCUT2D eigenvalue weighted by Crippen LogP contribution is 2.19. The molecule has 2 aromatic rings. The lowest BCUT2D eigenvalue weighted by atomic mass is 10.0. The fraction of sp³-hybridized carbons (Fsp3) is 0.400. The molecule has 0 saturated carbocycles. The SMILES string of the molecule is Cc1nc(CN(C)CCC(N)c2cccc(Br)c2)cs1. The van der Waals surface area contributed by atoms with Crippen LogP contribution in [0, 0.1) is 6.92 Å². The van der Waals surface area contributed by atoms with E-state index in [9.17, 15) is 0 Å². The molecule has 0 spiro atoms. The second kappa shape index (κ2) is 7.31. The van der Waals surface area contributed by atoms with E-state index in [2.05, 4.69) is 50.4 Å². The summed E-state index contributed by atoms with van der Waals surface area (Å²) in [5.41, 5.74) is 8.57. The number of nitrogens with two attached hydrogens (primary N) is 1. The molecule has 1 aromatic carbocycles. The van der Waals surface area contributed by atoms with Gasteiger partial charge in [0.2, 0.25) is 0 Å². The quantitative estimate of drug-likeness (QED) is 0.859. The molecular formula is C15H20BrN3S. The van der Waals surface area contributed by atoms with Crippen LogP contribution in [0.25, 0.3) is 0 Å². The van der Waals surface area contributed by atoms with Gasteiger partial charge in [-0.2, -0.15) is 0 Å². The molecule has 3 nitrogen and oxygen atoms in total. The standard InChI is InChI=1S/C15H20BrN3S/c1-11-18-14(10-20-11)9-19(2)7-6-15(17)12-4-3-5-13(16)8-12/h3-5,8,10,15H,6-7,9,17H2,1-2H3. The van der Waals surface area contributed by atoms with Crippen molar-refractivity contribution in [2.45, 2.75) is 25.9 Å². The Morgan fingerprint density at radius 1 is 1.45 bits per heavy atom. The van der Waals surface area contributed by atoms with Crippen molar-refractivity contribution in [2.75, 3.05) is 13.6 Å². The van der Waals surface area contributed by atoms with Gasteiger partial charge in [0, 0.05) is 29.0 Å². The first-order valence-electron chi connectivity index (χ1n) is 6.65. The Morgan fingerprint density at radius 2 is 2.25 bits per heavy atom. The molecule has 1 heterocycles. The summed E-state index contributed by atoms with van der Waals surface area (Å²) in [6, 6.07) is 8.30. The maximum atomic E-state index is 6.25. The third-order valence-electron chi connectivity index (χ3n) is 3.20. The van der Waals surface area contributed by atoms with E-state index in [1.165, 1.54) is 5.56 Å². The minimum absolute atomic E-state index is 0.0760. The van der Waals surface area contributed by atoms with Crippen LogP contribution in [0.3, 0.4) is 0 Å². The Bertz CT molecular complexity index is 556. The summed E-state index contributed by atoms with van der Waals surface area (Å²) in [5, 5.41) is 3.25. The molecule has 1 aromatic heterocycles. The van der Waals surface area contributed by atoms with Crippen LogP contribution in [0.5, 0.6) is 0 Å². The van der Waals surface area contributed by atoms with Gasteiger partial charge in [-0.15, -0.1) is 11.3 Å². The number of hydrogen-bond acceptors (Lipinski definition) is 4. The Balaban J connectivity index is 1.82. The van der Waals surface area contributed by atoms with E-state index in [4.69, 9.17) is 5.73 Å². The van der Waals surface area contributed by atoms with E-state index in [-0.39, 0.29) is 6.04 Å². The zero-order valence-corrected chi connectivity index (χ0v) is 14.2. The van der Waals surface area contributed by atoms with E-state index in [0.29, 0.717) is 0 Å². The molecule has 0 aliphatic rings. The number of thiazole rings is 1. The molecule has 0 aliphatic heterocycles. The lowest BCUT2D eigenvalue weighted by molar-refractivity contribution is 0.308. The minimum atomic E-state index is 0.0760. The smallest absolute Gasteiger partial charge is 0.0897 e. The lowest BCUT2D eigenvalue weighted by Gasteiger charge is -2.19. The van der Waals surface area contributed by atoms with Crippen LogP contribution in [0.15, 0.2) is 34.1 Å². The molecule has 0 aliphatic carbocycles. The normalized spacial score (nSPS) is 12.8. The van der Waals surface area contributed by atoms with Crippen LogP contribution < -0.4 is 5.73 Å². The Kier molecular flexibility index (Phi) is 5.72. The molecule has 0 amide bonds. The topological polar surface area (TPSA) is 42.2 Å². The van der Waals surface area contributed by atoms with Gasteiger partial charge in [0.05, 0.1) is 10.7 Å². The molecule has 0 saturated heterocycles. The molecule has 108 valence electrons. The third kappa shape index (κ3) is 4.66. The van der Waals surface area contributed by atoms with Gasteiger partial charge in [0.15, 0.2) is 0 Å². The summed E-state index contributed by atoms with van der Waals surface area (Å²) in [4.78, 5) is 6.76. The van der Waals surface area contributed by atoms with E-state index in [1.54, 1.807) is 11.3 Å². The van der Waals surface area contributed by atoms with Crippen molar-refractivity contribution in [3.05, 3.63) is 50.4 Å². The first-order valence-corrected chi connectivity index (χ1v) is 8.32. The number of nitrogens with zero attached hydrogens (tertiary/aromatic N) is 2. The zero-order valence-electron chi connectivity index (χ0n) is 11.8. The first-order chi connectivity index (χ1) is 9.54. The molecular weight excluding hydrogens is 334 g/mol. The molecule has 1 atom stereocenters. The van der Waals surface area contributed by atoms with Crippen molar-refractivity contribution < 1.29 is 0 Å². The summed E-state index contributed by atoms with van der Waals surface area (Å²) >= 11 is 5.19. The molecule has 0 fully saturated rings. The van der Waals surface area contributed by atoms with Crippen LogP contribution in [0.1, 0.15) is 28.7 Å². The van der Waals surface area contributed by atoms with Crippen molar-refractivity contribution in [2.24, 2.45) is 5.73 Å². The summed E-state index contributed by atoms with van der Waals surface area (Å²) in [7, 11) is 2.11. The zero-order chi connectivity index (χ0) is 14.5. The van der Waals surface area contributed by atoms with Crippen molar-refractivity contribution in [1.82, 2.24) is 9.88 Å². The van der Waals surface area contributed by atoms with E-state index in [1.807, 2.05) is 19.1 Å². The fourth-order valence-corrected chi connectivity index (χ4v) is 3.12. The van der Waals surface area contributed by atoms with Gasteiger partial charge in [-0.1, -0.05) is 28.1 Å². The van der Waals surface area contributed by atoms with Gasteiger partial charge in [-0.3, -0.25) is 0 Å². The highest BCUT2D eigenvalue weighted by molar-refractivity contribution is 9.10. The van der Waals surface area contributed by atoms with Crippen molar-refractivity contribution in [3.8, 4) is 0 Å².